The van der Waals surface area contributed by atoms with Crippen molar-refractivity contribution in [3.8, 4) is 0 Å². The van der Waals surface area contributed by atoms with Gasteiger partial charge < -0.3 is 0 Å². The lowest BCUT2D eigenvalue weighted by Gasteiger charge is -2.26. The van der Waals surface area contributed by atoms with Crippen LogP contribution in [0.1, 0.15) is 17.3 Å². The van der Waals surface area contributed by atoms with Gasteiger partial charge in [0.05, 0.1) is 11.4 Å². The summed E-state index contributed by atoms with van der Waals surface area (Å²) in [5.74, 6) is 2.50. The molecule has 2 atom stereocenters. The van der Waals surface area contributed by atoms with Crippen LogP contribution in [-0.4, -0.2) is 32.2 Å². The summed E-state index contributed by atoms with van der Waals surface area (Å²) in [6.45, 7) is 2.14. The van der Waals surface area contributed by atoms with Crippen molar-refractivity contribution < 1.29 is 4.79 Å². The number of ketones is 1. The lowest BCUT2D eigenvalue weighted by Crippen LogP contribution is -2.30. The molecular weight excluding hydrogens is 234 g/mol. The van der Waals surface area contributed by atoms with E-state index in [1.807, 2.05) is 17.1 Å². The average Bonchev–Trinajstić information content (AvgIpc) is 2.70. The Balaban J connectivity index is 2.10. The number of Topliss-reactive ketones (excluding diaryl/α,β-unsaturated/α-hetero) is 1. The maximum atomic E-state index is 12.0. The molecule has 2 heterocycles. The molecule has 1 aliphatic heterocycles. The van der Waals surface area contributed by atoms with Crippen LogP contribution < -0.4 is 0 Å². The molecule has 2 unspecified atom stereocenters. The second-order valence-corrected chi connectivity index (χ2v) is 6.54. The molecule has 76 valence electrons. The van der Waals surface area contributed by atoms with Crippen LogP contribution >= 0.6 is 35.1 Å². The largest absolute Gasteiger partial charge is 0.293 e. The molecule has 0 bridgehead atoms. The summed E-state index contributed by atoms with van der Waals surface area (Å²) in [7, 11) is 0. The molecule has 0 aromatic carbocycles. The minimum Gasteiger partial charge on any atom is -0.293 e. The van der Waals surface area contributed by atoms with Gasteiger partial charge in [-0.2, -0.15) is 11.8 Å². The molecule has 0 aliphatic carbocycles. The number of carbonyl (C=O) groups excluding carboxylic acids is 1. The fraction of sp³-hybridized carbons (Fsp3) is 0.556. The summed E-state index contributed by atoms with van der Waals surface area (Å²) in [5.41, 5.74) is 0.779. The van der Waals surface area contributed by atoms with Gasteiger partial charge in [-0.05, 0) is 11.5 Å². The highest BCUT2D eigenvalue weighted by Crippen LogP contribution is 2.33. The first-order valence-electron chi connectivity index (χ1n) is 4.46. The lowest BCUT2D eigenvalue weighted by molar-refractivity contribution is 0.0990. The molecule has 0 spiro atoms. The third-order valence-electron chi connectivity index (χ3n) is 2.16. The van der Waals surface area contributed by atoms with Crippen LogP contribution in [0.15, 0.2) is 11.6 Å². The van der Waals surface area contributed by atoms with Gasteiger partial charge in [0.25, 0.3) is 0 Å². The van der Waals surface area contributed by atoms with Crippen LogP contribution in [0.25, 0.3) is 0 Å². The Bertz CT molecular complexity index is 312. The molecule has 2 rings (SSSR count). The van der Waals surface area contributed by atoms with Crippen LogP contribution in [0.2, 0.25) is 0 Å². The molecule has 0 saturated carbocycles. The van der Waals surface area contributed by atoms with Gasteiger partial charge in [0, 0.05) is 27.7 Å². The number of aromatic nitrogens is 1. The van der Waals surface area contributed by atoms with Crippen LogP contribution in [-0.2, 0) is 0 Å². The highest BCUT2D eigenvalue weighted by Gasteiger charge is 2.29. The van der Waals surface area contributed by atoms with Crippen molar-refractivity contribution in [2.75, 3.05) is 11.5 Å². The zero-order valence-corrected chi connectivity index (χ0v) is 10.3. The number of carbonyl (C=O) groups is 1. The minimum absolute atomic E-state index is 0.130. The minimum atomic E-state index is 0.130. The Hall–Kier alpha value is -0.0000000000000000833. The van der Waals surface area contributed by atoms with Crippen molar-refractivity contribution in [1.29, 1.82) is 0 Å². The zero-order valence-electron chi connectivity index (χ0n) is 7.80. The number of hydrogen-bond donors (Lipinski definition) is 0. The Labute approximate surface area is 96.0 Å². The first kappa shape index (κ1) is 10.5. The number of thioether (sulfide) groups is 2. The van der Waals surface area contributed by atoms with E-state index < -0.39 is 0 Å². The third-order valence-corrected chi connectivity index (χ3v) is 5.84. The average molecular weight is 245 g/mol. The summed E-state index contributed by atoms with van der Waals surface area (Å²) in [5, 5.41) is 2.40. The first-order valence-corrected chi connectivity index (χ1v) is 7.39. The predicted molar refractivity (Wildman–Crippen MR) is 64.6 cm³/mol. The lowest BCUT2D eigenvalue weighted by atomic mass is 10.1. The Morgan fingerprint density at radius 1 is 1.50 bits per heavy atom. The molecule has 1 aliphatic rings. The van der Waals surface area contributed by atoms with E-state index in [9.17, 15) is 4.79 Å². The normalized spacial score (nSPS) is 27.5. The van der Waals surface area contributed by atoms with E-state index in [0.717, 1.165) is 17.1 Å². The van der Waals surface area contributed by atoms with Crippen LogP contribution in [0.5, 0.6) is 0 Å². The predicted octanol–water partition coefficient (Wildman–Crippen LogP) is 2.56. The first-order chi connectivity index (χ1) is 6.79. The summed E-state index contributed by atoms with van der Waals surface area (Å²) < 4.78 is 3.97. The van der Waals surface area contributed by atoms with E-state index >= 15 is 0 Å². The van der Waals surface area contributed by atoms with Crippen LogP contribution in [0.4, 0.5) is 0 Å². The van der Waals surface area contributed by atoms with Gasteiger partial charge in [-0.25, -0.2) is 4.37 Å². The maximum absolute atomic E-state index is 12.0. The van der Waals surface area contributed by atoms with E-state index in [4.69, 9.17) is 0 Å². The van der Waals surface area contributed by atoms with Crippen molar-refractivity contribution in [3.05, 3.63) is 17.1 Å². The quantitative estimate of drug-likeness (QED) is 0.749. The molecule has 1 saturated heterocycles. The third kappa shape index (κ3) is 2.15. The van der Waals surface area contributed by atoms with Gasteiger partial charge in [0.1, 0.15) is 0 Å². The van der Waals surface area contributed by atoms with Gasteiger partial charge >= 0.3 is 0 Å². The summed E-state index contributed by atoms with van der Waals surface area (Å²) >= 11 is 5.02. The summed E-state index contributed by atoms with van der Waals surface area (Å²) in [6, 6.07) is 0. The number of nitrogens with zero attached hydrogens (tertiary/aromatic N) is 1. The van der Waals surface area contributed by atoms with Crippen LogP contribution in [0.3, 0.4) is 0 Å². The summed E-state index contributed by atoms with van der Waals surface area (Å²) in [6.07, 6.45) is 1.68. The van der Waals surface area contributed by atoms with Crippen molar-refractivity contribution in [1.82, 2.24) is 4.37 Å². The molecule has 1 aromatic heterocycles. The monoisotopic (exact) mass is 245 g/mol. The fourth-order valence-electron chi connectivity index (χ4n) is 1.41. The molecule has 5 heteroatoms. The second kappa shape index (κ2) is 4.68. The van der Waals surface area contributed by atoms with Gasteiger partial charge in [0.15, 0.2) is 5.78 Å². The molecule has 0 amide bonds. The fourth-order valence-corrected chi connectivity index (χ4v) is 4.66. The molecule has 1 aromatic rings. The molecule has 0 N–H and O–H groups in total. The molecule has 2 nitrogen and oxygen atoms in total. The molecular formula is C9H11NOS3. The second-order valence-electron chi connectivity index (χ2n) is 3.14. The molecule has 1 fully saturated rings. The smallest absolute Gasteiger partial charge is 0.179 e. The molecule has 0 radical (unpaired) electrons. The number of rotatable bonds is 2. The topological polar surface area (TPSA) is 30.0 Å². The van der Waals surface area contributed by atoms with E-state index in [2.05, 4.69) is 11.3 Å². The maximum Gasteiger partial charge on any atom is 0.179 e. The van der Waals surface area contributed by atoms with Gasteiger partial charge in [0.2, 0.25) is 0 Å². The standard InChI is InChI=1S/C9H11NOS3/c1-6-9(13-3-2-12-6)8(11)7-4-10-14-5-7/h4-6,9H,2-3H2,1H3. The highest BCUT2D eigenvalue weighted by molar-refractivity contribution is 8.07. The Morgan fingerprint density at radius 3 is 2.93 bits per heavy atom. The summed E-state index contributed by atoms with van der Waals surface area (Å²) in [4.78, 5) is 12.0. The zero-order chi connectivity index (χ0) is 9.97. The van der Waals surface area contributed by atoms with Gasteiger partial charge in [-0.1, -0.05) is 6.92 Å². The van der Waals surface area contributed by atoms with Crippen molar-refractivity contribution in [2.24, 2.45) is 0 Å². The Morgan fingerprint density at radius 2 is 2.29 bits per heavy atom. The van der Waals surface area contributed by atoms with E-state index in [-0.39, 0.29) is 11.0 Å². The molecule has 14 heavy (non-hydrogen) atoms. The van der Waals surface area contributed by atoms with Gasteiger partial charge in [-0.3, -0.25) is 4.79 Å². The van der Waals surface area contributed by atoms with E-state index in [0.29, 0.717) is 5.25 Å². The SMILES string of the molecule is CC1SCCSC1C(=O)c1cnsc1. The van der Waals surface area contributed by atoms with Crippen molar-refractivity contribution >= 4 is 40.8 Å². The number of hydrogen-bond acceptors (Lipinski definition) is 5. The van der Waals surface area contributed by atoms with Crippen molar-refractivity contribution in [3.63, 3.8) is 0 Å². The van der Waals surface area contributed by atoms with Crippen molar-refractivity contribution in [2.45, 2.75) is 17.4 Å². The van der Waals surface area contributed by atoms with E-state index in [1.54, 1.807) is 18.0 Å². The Kier molecular flexibility index (Phi) is 3.52. The van der Waals surface area contributed by atoms with Crippen LogP contribution in [0, 0.1) is 0 Å². The van der Waals surface area contributed by atoms with Gasteiger partial charge in [-0.15, -0.1) is 11.8 Å². The highest BCUT2D eigenvalue weighted by atomic mass is 32.2. The van der Waals surface area contributed by atoms with E-state index in [1.165, 1.54) is 11.5 Å².